The molecule has 1 aromatic rings. The molecular formula is C17H29N5O. The number of rotatable bonds is 5. The van der Waals surface area contributed by atoms with Crippen LogP contribution in [-0.2, 0) is 18.3 Å². The minimum atomic E-state index is 0.0808. The van der Waals surface area contributed by atoms with Crippen LogP contribution in [0, 0.1) is 0 Å². The normalized spacial score (nSPS) is 24.2. The summed E-state index contributed by atoms with van der Waals surface area (Å²) in [6.07, 6.45) is 9.25. The van der Waals surface area contributed by atoms with Gasteiger partial charge in [0.25, 0.3) is 0 Å². The molecule has 3 rings (SSSR count). The molecule has 128 valence electrons. The van der Waals surface area contributed by atoms with Crippen molar-refractivity contribution in [3.8, 4) is 0 Å². The van der Waals surface area contributed by atoms with Crippen molar-refractivity contribution in [1.29, 1.82) is 0 Å². The lowest BCUT2D eigenvalue weighted by Gasteiger charge is -2.37. The van der Waals surface area contributed by atoms with Crippen molar-refractivity contribution < 1.29 is 4.79 Å². The molecule has 0 unspecified atom stereocenters. The van der Waals surface area contributed by atoms with E-state index in [2.05, 4.69) is 27.3 Å². The highest BCUT2D eigenvalue weighted by molar-refractivity contribution is 5.82. The molecule has 1 amide bonds. The summed E-state index contributed by atoms with van der Waals surface area (Å²) in [5, 5.41) is 7.30. The summed E-state index contributed by atoms with van der Waals surface area (Å²) in [5.41, 5.74) is 1.17. The maximum absolute atomic E-state index is 12.6. The predicted octanol–water partition coefficient (Wildman–Crippen LogP) is 0.637. The third-order valence-corrected chi connectivity index (χ3v) is 5.23. The lowest BCUT2D eigenvalue weighted by atomic mass is 10.0. The molecule has 6 heteroatoms. The molecule has 0 aromatic carbocycles. The summed E-state index contributed by atoms with van der Waals surface area (Å²) in [6.45, 7) is 4.07. The first-order valence-electron chi connectivity index (χ1n) is 8.83. The Kier molecular flexibility index (Phi) is 5.33. The van der Waals surface area contributed by atoms with E-state index in [0.717, 1.165) is 38.9 Å². The number of carbonyl (C=O) groups excluding carboxylic acids is 1. The highest BCUT2D eigenvalue weighted by Crippen LogP contribution is 2.25. The molecular weight excluding hydrogens is 290 g/mol. The number of nitrogens with one attached hydrogen (secondary N) is 1. The molecule has 2 aliphatic heterocycles. The summed E-state index contributed by atoms with van der Waals surface area (Å²) in [6, 6.07) is 0.667. The molecule has 6 nitrogen and oxygen atoms in total. The molecule has 3 heterocycles. The largest absolute Gasteiger partial charge is 0.354 e. The Morgan fingerprint density at radius 2 is 2.04 bits per heavy atom. The molecule has 2 saturated heterocycles. The van der Waals surface area contributed by atoms with E-state index < -0.39 is 0 Å². The average Bonchev–Trinajstić information content (AvgIpc) is 3.17. The van der Waals surface area contributed by atoms with Gasteiger partial charge in [-0.3, -0.25) is 14.4 Å². The Morgan fingerprint density at radius 1 is 1.26 bits per heavy atom. The second-order valence-corrected chi connectivity index (χ2v) is 6.99. The quantitative estimate of drug-likeness (QED) is 0.865. The third kappa shape index (κ3) is 4.12. The fourth-order valence-electron chi connectivity index (χ4n) is 3.88. The summed E-state index contributed by atoms with van der Waals surface area (Å²) >= 11 is 0. The summed E-state index contributed by atoms with van der Waals surface area (Å²) in [5.74, 6) is 0.213. The Labute approximate surface area is 138 Å². The van der Waals surface area contributed by atoms with Crippen molar-refractivity contribution >= 4 is 5.91 Å². The molecule has 0 spiro atoms. The zero-order valence-corrected chi connectivity index (χ0v) is 14.4. The van der Waals surface area contributed by atoms with Crippen molar-refractivity contribution in [3.63, 3.8) is 0 Å². The maximum atomic E-state index is 12.6. The lowest BCUT2D eigenvalue weighted by Crippen LogP contribution is -2.51. The van der Waals surface area contributed by atoms with Crippen LogP contribution >= 0.6 is 0 Å². The third-order valence-electron chi connectivity index (χ3n) is 5.23. The molecule has 0 saturated carbocycles. The molecule has 23 heavy (non-hydrogen) atoms. The molecule has 0 bridgehead atoms. The van der Waals surface area contributed by atoms with Crippen LogP contribution in [0.1, 0.15) is 31.2 Å². The summed E-state index contributed by atoms with van der Waals surface area (Å²) in [4.78, 5) is 17.4. The van der Waals surface area contributed by atoms with Crippen LogP contribution in [-0.4, -0.2) is 70.8 Å². The Hall–Kier alpha value is -1.40. The van der Waals surface area contributed by atoms with Gasteiger partial charge in [0.05, 0.1) is 12.2 Å². The van der Waals surface area contributed by atoms with E-state index in [1.165, 1.54) is 18.4 Å². The molecule has 2 fully saturated rings. The number of aryl methyl sites for hydroxylation is 1. The lowest BCUT2D eigenvalue weighted by molar-refractivity contribution is -0.126. The van der Waals surface area contributed by atoms with Crippen molar-refractivity contribution in [3.05, 3.63) is 18.0 Å². The minimum Gasteiger partial charge on any atom is -0.354 e. The van der Waals surface area contributed by atoms with Gasteiger partial charge in [0, 0.05) is 25.8 Å². The van der Waals surface area contributed by atoms with Gasteiger partial charge < -0.3 is 10.2 Å². The van der Waals surface area contributed by atoms with E-state index in [1.54, 1.807) is 4.68 Å². The first-order valence-corrected chi connectivity index (χ1v) is 8.83. The molecule has 0 radical (unpaired) electrons. The highest BCUT2D eigenvalue weighted by atomic mass is 16.2. The van der Waals surface area contributed by atoms with Crippen LogP contribution in [0.5, 0.6) is 0 Å². The molecule has 2 aliphatic rings. The van der Waals surface area contributed by atoms with Gasteiger partial charge in [0.15, 0.2) is 0 Å². The molecule has 1 N–H and O–H groups in total. The number of likely N-dealkylation sites (tertiary alicyclic amines) is 2. The van der Waals surface area contributed by atoms with Crippen LogP contribution in [0.4, 0.5) is 0 Å². The number of aromatic nitrogens is 2. The van der Waals surface area contributed by atoms with Crippen LogP contribution < -0.4 is 5.32 Å². The monoisotopic (exact) mass is 319 g/mol. The fraction of sp³-hybridized carbons (Fsp3) is 0.765. The SMILES string of the molecule is CN1CCC(N2CCC[C@H]2C(=O)NCCc2cnn(C)c2)CC1. The maximum Gasteiger partial charge on any atom is 0.237 e. The Morgan fingerprint density at radius 3 is 2.74 bits per heavy atom. The van der Waals surface area contributed by atoms with E-state index in [9.17, 15) is 4.79 Å². The van der Waals surface area contributed by atoms with Crippen LogP contribution in [0.2, 0.25) is 0 Å². The van der Waals surface area contributed by atoms with E-state index in [0.29, 0.717) is 12.6 Å². The van der Waals surface area contributed by atoms with Gasteiger partial charge in [-0.2, -0.15) is 5.10 Å². The Bertz CT molecular complexity index is 521. The van der Waals surface area contributed by atoms with Gasteiger partial charge in [-0.1, -0.05) is 0 Å². The number of piperidine rings is 1. The first kappa shape index (κ1) is 16.5. The van der Waals surface area contributed by atoms with Gasteiger partial charge in [-0.15, -0.1) is 0 Å². The highest BCUT2D eigenvalue weighted by Gasteiger charge is 2.36. The number of nitrogens with zero attached hydrogens (tertiary/aromatic N) is 4. The van der Waals surface area contributed by atoms with Gasteiger partial charge >= 0.3 is 0 Å². The van der Waals surface area contributed by atoms with Gasteiger partial charge in [0.2, 0.25) is 5.91 Å². The van der Waals surface area contributed by atoms with Crippen LogP contribution in [0.3, 0.4) is 0 Å². The van der Waals surface area contributed by atoms with Gasteiger partial charge in [-0.25, -0.2) is 0 Å². The van der Waals surface area contributed by atoms with E-state index in [-0.39, 0.29) is 11.9 Å². The molecule has 0 aliphatic carbocycles. The van der Waals surface area contributed by atoms with E-state index in [4.69, 9.17) is 0 Å². The topological polar surface area (TPSA) is 53.4 Å². The second kappa shape index (κ2) is 7.45. The van der Waals surface area contributed by atoms with Gasteiger partial charge in [-0.05, 0) is 64.3 Å². The van der Waals surface area contributed by atoms with Crippen LogP contribution in [0.25, 0.3) is 0 Å². The zero-order valence-electron chi connectivity index (χ0n) is 14.4. The number of amides is 1. The minimum absolute atomic E-state index is 0.0808. The van der Waals surface area contributed by atoms with Crippen molar-refractivity contribution in [1.82, 2.24) is 24.9 Å². The summed E-state index contributed by atoms with van der Waals surface area (Å²) in [7, 11) is 4.10. The predicted molar refractivity (Wildman–Crippen MR) is 90.2 cm³/mol. The first-order chi connectivity index (χ1) is 11.1. The van der Waals surface area contributed by atoms with Gasteiger partial charge in [0.1, 0.15) is 0 Å². The molecule has 1 atom stereocenters. The number of hydrogen-bond acceptors (Lipinski definition) is 4. The zero-order chi connectivity index (χ0) is 16.2. The van der Waals surface area contributed by atoms with E-state index in [1.807, 2.05) is 19.4 Å². The smallest absolute Gasteiger partial charge is 0.237 e. The fourth-order valence-corrected chi connectivity index (χ4v) is 3.88. The number of carbonyl (C=O) groups is 1. The Balaban J connectivity index is 1.47. The molecule has 1 aromatic heterocycles. The van der Waals surface area contributed by atoms with Crippen molar-refractivity contribution in [2.75, 3.05) is 33.2 Å². The van der Waals surface area contributed by atoms with E-state index >= 15 is 0 Å². The van der Waals surface area contributed by atoms with Crippen molar-refractivity contribution in [2.24, 2.45) is 7.05 Å². The standard InChI is InChI=1S/C17H29N5O/c1-20-10-6-15(7-11-20)22-9-3-4-16(22)17(23)18-8-5-14-12-19-21(2)13-14/h12-13,15-16H,3-11H2,1-2H3,(H,18,23)/t16-/m0/s1. The van der Waals surface area contributed by atoms with Crippen molar-refractivity contribution in [2.45, 2.75) is 44.2 Å². The number of hydrogen-bond donors (Lipinski definition) is 1. The van der Waals surface area contributed by atoms with Crippen LogP contribution in [0.15, 0.2) is 12.4 Å². The summed E-state index contributed by atoms with van der Waals surface area (Å²) < 4.78 is 1.80. The second-order valence-electron chi connectivity index (χ2n) is 6.99. The average molecular weight is 319 g/mol.